The molecule has 148 valence electrons. The first kappa shape index (κ1) is 19.7. The first-order chi connectivity index (χ1) is 13.1. The summed E-state index contributed by atoms with van der Waals surface area (Å²) in [5.41, 5.74) is -0.138. The highest BCUT2D eigenvalue weighted by Crippen LogP contribution is 2.45. The molecule has 0 unspecified atom stereocenters. The van der Waals surface area contributed by atoms with Crippen LogP contribution in [0.1, 0.15) is 46.3 Å². The number of ether oxygens (including phenoxy) is 3. The molecule has 0 N–H and O–H groups in total. The Balaban J connectivity index is 2.09. The van der Waals surface area contributed by atoms with E-state index >= 15 is 0 Å². The zero-order chi connectivity index (χ0) is 20.6. The predicted molar refractivity (Wildman–Crippen MR) is 101 cm³/mol. The summed E-state index contributed by atoms with van der Waals surface area (Å²) in [6, 6.07) is 6.28. The average Bonchev–Trinajstić information content (AvgIpc) is 2.96. The minimum absolute atomic E-state index is 0.354. The molecule has 2 heterocycles. The molecule has 0 saturated carbocycles. The van der Waals surface area contributed by atoms with Crippen molar-refractivity contribution in [2.45, 2.75) is 52.4 Å². The second-order valence-corrected chi connectivity index (χ2v) is 7.22. The van der Waals surface area contributed by atoms with Crippen LogP contribution in [0.5, 0.6) is 5.75 Å². The standard InChI is InChI=1S/C21H22O7/c1-6-11(2)20(24)27-18-14-9-13-7-8-17(23)25-15(13)10-16(14)26-19(18)21(4,5)28-12(3)22/h6-10,18-19H,1-5H3/t18-,19+/m1/s1. The molecular formula is C21H22O7. The number of fused-ring (bicyclic) bond motifs is 2. The van der Waals surface area contributed by atoms with Crippen molar-refractivity contribution in [1.29, 1.82) is 0 Å². The van der Waals surface area contributed by atoms with Gasteiger partial charge < -0.3 is 18.6 Å². The van der Waals surface area contributed by atoms with Gasteiger partial charge in [0.1, 0.15) is 16.9 Å². The fourth-order valence-electron chi connectivity index (χ4n) is 3.19. The molecule has 7 heteroatoms. The molecular weight excluding hydrogens is 364 g/mol. The summed E-state index contributed by atoms with van der Waals surface area (Å²) in [4.78, 5) is 35.5. The molecule has 0 amide bonds. The molecule has 0 aliphatic carbocycles. The predicted octanol–water partition coefficient (Wildman–Crippen LogP) is 3.45. The van der Waals surface area contributed by atoms with Crippen LogP contribution in [-0.4, -0.2) is 23.6 Å². The minimum Gasteiger partial charge on any atom is -0.481 e. The SMILES string of the molecule is CC=C(C)C(=O)O[C@@H]1c2cc3ccc(=O)oc3cc2O[C@@H]1C(C)(C)OC(C)=O. The highest BCUT2D eigenvalue weighted by atomic mass is 16.6. The smallest absolute Gasteiger partial charge is 0.336 e. The summed E-state index contributed by atoms with van der Waals surface area (Å²) in [5, 5.41) is 0.664. The number of hydrogen-bond donors (Lipinski definition) is 0. The van der Waals surface area contributed by atoms with Gasteiger partial charge in [0.05, 0.1) is 0 Å². The maximum absolute atomic E-state index is 12.4. The van der Waals surface area contributed by atoms with Crippen LogP contribution < -0.4 is 10.4 Å². The van der Waals surface area contributed by atoms with E-state index in [2.05, 4.69) is 0 Å². The van der Waals surface area contributed by atoms with Crippen molar-refractivity contribution in [3.05, 3.63) is 51.9 Å². The molecule has 0 bridgehead atoms. The number of carbonyl (C=O) groups excluding carboxylic acids is 2. The number of esters is 2. The third kappa shape index (κ3) is 3.65. The van der Waals surface area contributed by atoms with Gasteiger partial charge in [-0.05, 0) is 39.8 Å². The number of rotatable bonds is 4. The van der Waals surface area contributed by atoms with E-state index in [1.165, 1.54) is 13.0 Å². The minimum atomic E-state index is -1.08. The summed E-state index contributed by atoms with van der Waals surface area (Å²) in [6.07, 6.45) is 0.0759. The molecule has 3 rings (SSSR count). The van der Waals surface area contributed by atoms with Crippen LogP contribution in [0.15, 0.2) is 45.1 Å². The molecule has 0 radical (unpaired) electrons. The third-order valence-corrected chi connectivity index (χ3v) is 4.67. The van der Waals surface area contributed by atoms with Crippen LogP contribution in [0.3, 0.4) is 0 Å². The Kier molecular flexibility index (Phi) is 5.02. The average molecular weight is 386 g/mol. The molecule has 0 spiro atoms. The monoisotopic (exact) mass is 386 g/mol. The van der Waals surface area contributed by atoms with Gasteiger partial charge in [-0.1, -0.05) is 6.08 Å². The van der Waals surface area contributed by atoms with Crippen LogP contribution in [0.25, 0.3) is 11.0 Å². The van der Waals surface area contributed by atoms with Crippen molar-refractivity contribution in [3.8, 4) is 5.75 Å². The lowest BCUT2D eigenvalue weighted by Gasteiger charge is -2.33. The number of benzene rings is 1. The normalized spacial score (nSPS) is 19.1. The maximum Gasteiger partial charge on any atom is 0.336 e. The molecule has 0 fully saturated rings. The van der Waals surface area contributed by atoms with Crippen LogP contribution in [-0.2, 0) is 19.1 Å². The highest BCUT2D eigenvalue weighted by molar-refractivity contribution is 5.88. The quantitative estimate of drug-likeness (QED) is 0.451. The van der Waals surface area contributed by atoms with Gasteiger partial charge in [-0.3, -0.25) is 4.79 Å². The summed E-state index contributed by atoms with van der Waals surface area (Å²) >= 11 is 0. The zero-order valence-corrected chi connectivity index (χ0v) is 16.4. The largest absolute Gasteiger partial charge is 0.481 e. The zero-order valence-electron chi connectivity index (χ0n) is 16.4. The van der Waals surface area contributed by atoms with Crippen LogP contribution in [0.2, 0.25) is 0 Å². The highest BCUT2D eigenvalue weighted by Gasteiger charge is 2.49. The van der Waals surface area contributed by atoms with E-state index in [-0.39, 0.29) is 0 Å². The van der Waals surface area contributed by atoms with Crippen molar-refractivity contribution >= 4 is 22.9 Å². The van der Waals surface area contributed by atoms with Crippen molar-refractivity contribution in [2.24, 2.45) is 0 Å². The van der Waals surface area contributed by atoms with Crippen molar-refractivity contribution in [2.75, 3.05) is 0 Å². The molecule has 2 aromatic rings. The maximum atomic E-state index is 12.4. The number of carbonyl (C=O) groups is 2. The van der Waals surface area contributed by atoms with Crippen LogP contribution in [0.4, 0.5) is 0 Å². The second-order valence-electron chi connectivity index (χ2n) is 7.22. The Morgan fingerprint density at radius 2 is 1.89 bits per heavy atom. The fraction of sp³-hybridized carbons (Fsp3) is 0.381. The van der Waals surface area contributed by atoms with Crippen molar-refractivity contribution in [3.63, 3.8) is 0 Å². The van der Waals surface area contributed by atoms with Gasteiger partial charge in [0, 0.05) is 35.6 Å². The van der Waals surface area contributed by atoms with E-state index in [4.69, 9.17) is 18.6 Å². The van der Waals surface area contributed by atoms with Crippen molar-refractivity contribution in [1.82, 2.24) is 0 Å². The topological polar surface area (TPSA) is 92.0 Å². The Labute approximate surface area is 161 Å². The van der Waals surface area contributed by atoms with Gasteiger partial charge in [-0.25, -0.2) is 9.59 Å². The Bertz CT molecular complexity index is 1030. The summed E-state index contributed by atoms with van der Waals surface area (Å²) in [6.45, 7) is 8.08. The van der Waals surface area contributed by atoms with Gasteiger partial charge in [-0.2, -0.15) is 0 Å². The lowest BCUT2D eigenvalue weighted by Crippen LogP contribution is -2.46. The molecule has 0 saturated heterocycles. The van der Waals surface area contributed by atoms with Gasteiger partial charge in [0.25, 0.3) is 0 Å². The summed E-state index contributed by atoms with van der Waals surface area (Å²) in [5.74, 6) is -0.564. The molecule has 1 aromatic carbocycles. The molecule has 1 aromatic heterocycles. The fourth-order valence-corrected chi connectivity index (χ4v) is 3.19. The molecule has 1 aliphatic rings. The second kappa shape index (κ2) is 7.14. The Morgan fingerprint density at radius 3 is 2.54 bits per heavy atom. The van der Waals surface area contributed by atoms with E-state index in [9.17, 15) is 14.4 Å². The Morgan fingerprint density at radius 1 is 1.18 bits per heavy atom. The molecule has 2 atom stereocenters. The molecule has 1 aliphatic heterocycles. The van der Waals surface area contributed by atoms with Gasteiger partial charge >= 0.3 is 17.6 Å². The summed E-state index contributed by atoms with van der Waals surface area (Å²) < 4.78 is 22.4. The van der Waals surface area contributed by atoms with Gasteiger partial charge in [0.15, 0.2) is 12.2 Å². The van der Waals surface area contributed by atoms with E-state index in [0.29, 0.717) is 27.9 Å². The third-order valence-electron chi connectivity index (χ3n) is 4.67. The number of allylic oxidation sites excluding steroid dienone is 1. The van der Waals surface area contributed by atoms with E-state index in [1.54, 1.807) is 52.0 Å². The van der Waals surface area contributed by atoms with Crippen LogP contribution in [0, 0.1) is 0 Å². The number of hydrogen-bond acceptors (Lipinski definition) is 7. The van der Waals surface area contributed by atoms with E-state index in [1.807, 2.05) is 0 Å². The van der Waals surface area contributed by atoms with Gasteiger partial charge in [-0.15, -0.1) is 0 Å². The van der Waals surface area contributed by atoms with E-state index in [0.717, 1.165) is 0 Å². The van der Waals surface area contributed by atoms with Gasteiger partial charge in [0.2, 0.25) is 0 Å². The molecule has 7 nitrogen and oxygen atoms in total. The summed E-state index contributed by atoms with van der Waals surface area (Å²) in [7, 11) is 0. The first-order valence-corrected chi connectivity index (χ1v) is 8.90. The van der Waals surface area contributed by atoms with Crippen LogP contribution >= 0.6 is 0 Å². The van der Waals surface area contributed by atoms with Crippen molar-refractivity contribution < 1.29 is 28.2 Å². The van der Waals surface area contributed by atoms with E-state index < -0.39 is 35.4 Å². The first-order valence-electron chi connectivity index (χ1n) is 8.90. The lowest BCUT2D eigenvalue weighted by molar-refractivity contribution is -0.174. The lowest BCUT2D eigenvalue weighted by atomic mass is 9.93. The Hall–Kier alpha value is -3.09. The molecule has 28 heavy (non-hydrogen) atoms.